The number of benzene rings is 1. The van der Waals surface area contributed by atoms with E-state index in [1.54, 1.807) is 18.2 Å². The Morgan fingerprint density at radius 3 is 2.72 bits per heavy atom. The molecule has 39 heavy (non-hydrogen) atoms. The number of aromatic nitrogens is 3. The molecule has 8 nitrogen and oxygen atoms in total. The van der Waals surface area contributed by atoms with E-state index in [-0.39, 0.29) is 18.6 Å². The number of hydrogen-bond acceptors (Lipinski definition) is 6. The molecular formula is C28H29ClF2N4O4. The Morgan fingerprint density at radius 1 is 1.23 bits per heavy atom. The molecule has 2 fully saturated rings. The number of halogens is 3. The summed E-state index contributed by atoms with van der Waals surface area (Å²) in [6.45, 7) is 3.44. The van der Waals surface area contributed by atoms with Crippen LogP contribution in [0.15, 0.2) is 48.4 Å². The average Bonchev–Trinajstić information content (AvgIpc) is 3.26. The second-order valence-electron chi connectivity index (χ2n) is 9.76. The Kier molecular flexibility index (Phi) is 8.54. The first-order chi connectivity index (χ1) is 18.9. The molecule has 2 aromatic heterocycles. The smallest absolute Gasteiger partial charge is 0.364 e. The SMILES string of the molecule is O=C(O)C(F)=Cc1cnc(CN2CCC(c3cccc(OCc4ccc(Cl)cc4F)n3)CC2)n1CC1CCO1. The van der Waals surface area contributed by atoms with Gasteiger partial charge in [-0.25, -0.2) is 19.2 Å². The van der Waals surface area contributed by atoms with E-state index in [0.717, 1.165) is 49.9 Å². The van der Waals surface area contributed by atoms with Crippen LogP contribution in [-0.2, 0) is 29.2 Å². The van der Waals surface area contributed by atoms with Crippen LogP contribution in [-0.4, -0.2) is 56.3 Å². The molecule has 11 heteroatoms. The van der Waals surface area contributed by atoms with Crippen molar-refractivity contribution in [2.45, 2.75) is 51.0 Å². The van der Waals surface area contributed by atoms with E-state index in [0.29, 0.717) is 41.9 Å². The highest BCUT2D eigenvalue weighted by atomic mass is 35.5. The summed E-state index contributed by atoms with van der Waals surface area (Å²) in [5.74, 6) is -1.80. The van der Waals surface area contributed by atoms with Crippen molar-refractivity contribution in [3.63, 3.8) is 0 Å². The molecule has 2 saturated heterocycles. The summed E-state index contributed by atoms with van der Waals surface area (Å²) in [5.41, 5.74) is 1.75. The van der Waals surface area contributed by atoms with Gasteiger partial charge in [0, 0.05) is 40.9 Å². The van der Waals surface area contributed by atoms with Crippen LogP contribution >= 0.6 is 11.6 Å². The van der Waals surface area contributed by atoms with Crippen molar-refractivity contribution in [1.29, 1.82) is 0 Å². The van der Waals surface area contributed by atoms with Gasteiger partial charge in [0.05, 0.1) is 31.1 Å². The van der Waals surface area contributed by atoms with Gasteiger partial charge in [0.2, 0.25) is 11.7 Å². The van der Waals surface area contributed by atoms with Crippen molar-refractivity contribution >= 4 is 23.6 Å². The van der Waals surface area contributed by atoms with Gasteiger partial charge in [0.25, 0.3) is 0 Å². The average molecular weight is 559 g/mol. The Labute approximate surface area is 229 Å². The molecule has 206 valence electrons. The Balaban J connectivity index is 1.19. The fourth-order valence-electron chi connectivity index (χ4n) is 4.82. The number of carboxylic acids is 1. The van der Waals surface area contributed by atoms with E-state index in [1.807, 2.05) is 16.7 Å². The van der Waals surface area contributed by atoms with Gasteiger partial charge in [-0.1, -0.05) is 23.7 Å². The van der Waals surface area contributed by atoms with Crippen molar-refractivity contribution in [3.05, 3.63) is 82.0 Å². The number of carbonyl (C=O) groups is 1. The van der Waals surface area contributed by atoms with E-state index in [1.165, 1.54) is 12.3 Å². The van der Waals surface area contributed by atoms with Gasteiger partial charge in [-0.15, -0.1) is 0 Å². The Bertz CT molecular complexity index is 1350. The fraction of sp³-hybridized carbons (Fsp3) is 0.393. The van der Waals surface area contributed by atoms with Crippen molar-refractivity contribution < 1.29 is 28.2 Å². The third kappa shape index (κ3) is 6.81. The molecule has 0 radical (unpaired) electrons. The molecule has 0 spiro atoms. The third-order valence-electron chi connectivity index (χ3n) is 7.13. The van der Waals surface area contributed by atoms with Crippen molar-refractivity contribution in [2.24, 2.45) is 0 Å². The maximum Gasteiger partial charge on any atom is 0.364 e. The van der Waals surface area contributed by atoms with Gasteiger partial charge in [0.15, 0.2) is 0 Å². The lowest BCUT2D eigenvalue weighted by atomic mass is 9.93. The number of carboxylic acid groups (broad SMARTS) is 1. The topological polar surface area (TPSA) is 89.7 Å². The Hall–Kier alpha value is -3.34. The normalized spacial score (nSPS) is 18.6. The van der Waals surface area contributed by atoms with E-state index in [2.05, 4.69) is 14.9 Å². The number of ether oxygens (including phenoxy) is 2. The quantitative estimate of drug-likeness (QED) is 0.342. The first-order valence-corrected chi connectivity index (χ1v) is 13.3. The molecule has 2 aliphatic heterocycles. The number of piperidine rings is 1. The van der Waals surface area contributed by atoms with E-state index >= 15 is 0 Å². The molecular weight excluding hydrogens is 530 g/mol. The summed E-state index contributed by atoms with van der Waals surface area (Å²) >= 11 is 5.82. The molecule has 3 aromatic rings. The second-order valence-corrected chi connectivity index (χ2v) is 10.2. The summed E-state index contributed by atoms with van der Waals surface area (Å²) < 4.78 is 41.1. The molecule has 0 amide bonds. The number of rotatable bonds is 10. The highest BCUT2D eigenvalue weighted by Gasteiger charge is 2.26. The maximum absolute atomic E-state index is 14.1. The van der Waals surface area contributed by atoms with Gasteiger partial charge in [-0.2, -0.15) is 4.39 Å². The summed E-state index contributed by atoms with van der Waals surface area (Å²) in [5, 5.41) is 9.28. The van der Waals surface area contributed by atoms with Gasteiger partial charge < -0.3 is 19.1 Å². The largest absolute Gasteiger partial charge is 0.476 e. The van der Waals surface area contributed by atoms with Crippen LogP contribution in [0.2, 0.25) is 5.02 Å². The van der Waals surface area contributed by atoms with Crippen LogP contribution in [0.25, 0.3) is 6.08 Å². The predicted molar refractivity (Wildman–Crippen MR) is 141 cm³/mol. The van der Waals surface area contributed by atoms with Crippen LogP contribution < -0.4 is 4.74 Å². The molecule has 5 rings (SSSR count). The summed E-state index contributed by atoms with van der Waals surface area (Å²) in [6, 6.07) is 10.1. The molecule has 1 atom stereocenters. The van der Waals surface area contributed by atoms with Crippen LogP contribution in [0.1, 0.15) is 48.0 Å². The molecule has 0 aliphatic carbocycles. The molecule has 1 unspecified atom stereocenters. The molecule has 4 heterocycles. The summed E-state index contributed by atoms with van der Waals surface area (Å²) in [4.78, 5) is 22.4. The highest BCUT2D eigenvalue weighted by Crippen LogP contribution is 2.29. The van der Waals surface area contributed by atoms with Crippen molar-refractivity contribution in [1.82, 2.24) is 19.4 Å². The van der Waals surface area contributed by atoms with Gasteiger partial charge in [-0.3, -0.25) is 4.90 Å². The number of aliphatic carboxylic acids is 1. The Morgan fingerprint density at radius 2 is 2.03 bits per heavy atom. The first-order valence-electron chi connectivity index (χ1n) is 12.9. The minimum absolute atomic E-state index is 0.0143. The van der Waals surface area contributed by atoms with E-state index in [4.69, 9.17) is 26.2 Å². The minimum Gasteiger partial charge on any atom is -0.476 e. The molecule has 1 N–H and O–H groups in total. The standard InChI is InChI=1S/C28H29ClF2N4O4/c29-20-5-4-19(23(30)12-20)17-39-27-3-1-2-25(33-27)18-6-9-34(10-7-18)16-26-32-14-21(13-24(31)28(36)37)35(26)15-22-8-11-38-22/h1-5,12-14,18,22H,6-11,15-17H2,(H,36,37). The summed E-state index contributed by atoms with van der Waals surface area (Å²) in [7, 11) is 0. The van der Waals surface area contributed by atoms with Gasteiger partial charge in [0.1, 0.15) is 18.2 Å². The highest BCUT2D eigenvalue weighted by molar-refractivity contribution is 6.30. The van der Waals surface area contributed by atoms with Crippen molar-refractivity contribution in [3.8, 4) is 5.88 Å². The molecule has 1 aromatic carbocycles. The number of hydrogen-bond donors (Lipinski definition) is 1. The lowest BCUT2D eigenvalue weighted by Gasteiger charge is -2.32. The zero-order chi connectivity index (χ0) is 27.4. The van der Waals surface area contributed by atoms with Crippen LogP contribution in [0, 0.1) is 5.82 Å². The monoisotopic (exact) mass is 558 g/mol. The zero-order valence-corrected chi connectivity index (χ0v) is 22.0. The fourth-order valence-corrected chi connectivity index (χ4v) is 4.98. The first kappa shape index (κ1) is 27.2. The molecule has 0 bridgehead atoms. The number of imidazole rings is 1. The number of likely N-dealkylation sites (tertiary alicyclic amines) is 1. The lowest BCUT2D eigenvalue weighted by molar-refractivity contribution is -0.134. The second kappa shape index (κ2) is 12.2. The van der Waals surface area contributed by atoms with Gasteiger partial charge >= 0.3 is 5.97 Å². The molecule has 2 aliphatic rings. The van der Waals surface area contributed by atoms with Gasteiger partial charge in [-0.05, 0) is 50.6 Å². The van der Waals surface area contributed by atoms with Crippen LogP contribution in [0.3, 0.4) is 0 Å². The van der Waals surface area contributed by atoms with E-state index in [9.17, 15) is 13.6 Å². The van der Waals surface area contributed by atoms with Crippen molar-refractivity contribution in [2.75, 3.05) is 19.7 Å². The number of nitrogens with zero attached hydrogens (tertiary/aromatic N) is 4. The third-order valence-corrected chi connectivity index (χ3v) is 7.37. The maximum atomic E-state index is 14.1. The van der Waals surface area contributed by atoms with Crippen LogP contribution in [0.4, 0.5) is 8.78 Å². The molecule has 0 saturated carbocycles. The lowest BCUT2D eigenvalue weighted by Crippen LogP contribution is -2.35. The summed E-state index contributed by atoms with van der Waals surface area (Å²) in [6.07, 6.45) is 5.20. The number of pyridine rings is 1. The van der Waals surface area contributed by atoms with E-state index < -0.39 is 17.6 Å². The predicted octanol–water partition coefficient (Wildman–Crippen LogP) is 5.21. The zero-order valence-electron chi connectivity index (χ0n) is 21.2. The minimum atomic E-state index is -1.61. The van der Waals surface area contributed by atoms with Crippen LogP contribution in [0.5, 0.6) is 5.88 Å².